The molecule has 0 aromatic heterocycles. The zero-order chi connectivity index (χ0) is 30.6. The Kier molecular flexibility index (Phi) is 13.4. The van der Waals surface area contributed by atoms with Gasteiger partial charge in [0.1, 0.15) is 5.60 Å². The molecule has 0 aliphatic heterocycles. The molecule has 0 spiro atoms. The predicted molar refractivity (Wildman–Crippen MR) is 162 cm³/mol. The lowest BCUT2D eigenvalue weighted by Gasteiger charge is -2.22. The largest absolute Gasteiger partial charge is 0.493 e. The topological polar surface area (TPSA) is 115 Å². The van der Waals surface area contributed by atoms with Gasteiger partial charge in [0.25, 0.3) is 5.91 Å². The number of Topliss-reactive ketones (excluding diaryl/α,β-unsaturated/α-hetero) is 1. The second-order valence-corrected chi connectivity index (χ2v) is 10.4. The van der Waals surface area contributed by atoms with Gasteiger partial charge in [-0.3, -0.25) is 9.59 Å². The van der Waals surface area contributed by atoms with E-state index in [-0.39, 0.29) is 17.9 Å². The van der Waals surface area contributed by atoms with Crippen molar-refractivity contribution in [1.82, 2.24) is 10.6 Å². The van der Waals surface area contributed by atoms with Crippen molar-refractivity contribution in [3.63, 3.8) is 0 Å². The van der Waals surface area contributed by atoms with Crippen molar-refractivity contribution in [2.75, 3.05) is 41.5 Å². The molecule has 0 fully saturated rings. The minimum absolute atomic E-state index is 0.233. The second kappa shape index (κ2) is 16.2. The summed E-state index contributed by atoms with van der Waals surface area (Å²) in [6, 6.07) is 6.99. The zero-order valence-electron chi connectivity index (χ0n) is 25.9. The molecule has 0 aliphatic rings. The lowest BCUT2D eigenvalue weighted by molar-refractivity contribution is 0.0390. The van der Waals surface area contributed by atoms with Crippen molar-refractivity contribution in [3.8, 4) is 34.1 Å². The van der Waals surface area contributed by atoms with Crippen LogP contribution in [0.2, 0.25) is 0 Å². The summed E-state index contributed by atoms with van der Waals surface area (Å²) < 4.78 is 22.5. The number of methoxy groups -OCH3 is 4. The maximum atomic E-state index is 13.2. The molecule has 2 aromatic rings. The normalized spacial score (nSPS) is 13.2. The summed E-state index contributed by atoms with van der Waals surface area (Å²) in [6.07, 6.45) is 5.46. The molecule has 0 saturated carbocycles. The van der Waals surface area contributed by atoms with E-state index in [1.165, 1.54) is 41.4 Å². The molecule has 0 radical (unpaired) electrons. The Labute approximate surface area is 244 Å². The molecule has 9 nitrogen and oxygen atoms in total. The number of amides is 1. The average molecular weight is 573 g/mol. The van der Waals surface area contributed by atoms with E-state index in [0.29, 0.717) is 52.3 Å². The SMILES string of the molecule is CCC(C)NCCCCCCNC(=O)c1cc(OC)c(OC)c(-c2cc(C(=O)C(C)(O)CC)cc(OC)c2OC)c1. The van der Waals surface area contributed by atoms with Crippen LogP contribution in [0.15, 0.2) is 24.3 Å². The molecule has 0 saturated heterocycles. The van der Waals surface area contributed by atoms with E-state index in [9.17, 15) is 14.7 Å². The highest BCUT2D eigenvalue weighted by atomic mass is 16.5. The number of hydrogen-bond acceptors (Lipinski definition) is 8. The van der Waals surface area contributed by atoms with Gasteiger partial charge in [-0.1, -0.05) is 26.7 Å². The average Bonchev–Trinajstić information content (AvgIpc) is 2.99. The predicted octanol–water partition coefficient (Wildman–Crippen LogP) is 5.41. The fourth-order valence-corrected chi connectivity index (χ4v) is 4.46. The Hall–Kier alpha value is -3.30. The smallest absolute Gasteiger partial charge is 0.251 e. The number of rotatable bonds is 18. The standard InChI is InChI=1S/C32H48N2O7/c1-9-21(3)33-15-13-11-12-14-16-34-31(36)23-18-25(29(41-8)27(20-23)39-6)24-17-22(30(35)32(4,37)10-2)19-26(38-5)28(24)40-7/h17-21,33,37H,9-16H2,1-8H3,(H,34,36). The van der Waals surface area contributed by atoms with Crippen molar-refractivity contribution in [2.45, 2.75) is 77.9 Å². The molecule has 0 bridgehead atoms. The minimum atomic E-state index is -1.56. The van der Waals surface area contributed by atoms with Crippen molar-refractivity contribution in [3.05, 3.63) is 35.4 Å². The van der Waals surface area contributed by atoms with Crippen LogP contribution >= 0.6 is 0 Å². The molecule has 1 amide bonds. The molecule has 9 heteroatoms. The first-order valence-corrected chi connectivity index (χ1v) is 14.4. The van der Waals surface area contributed by atoms with Gasteiger partial charge in [-0.15, -0.1) is 0 Å². The summed E-state index contributed by atoms with van der Waals surface area (Å²) in [5.41, 5.74) is -0.0248. The molecular formula is C32H48N2O7. The summed E-state index contributed by atoms with van der Waals surface area (Å²) in [6.45, 7) is 9.13. The fraction of sp³-hybridized carbons (Fsp3) is 0.562. The van der Waals surface area contributed by atoms with Crippen molar-refractivity contribution in [2.24, 2.45) is 0 Å². The number of nitrogens with one attached hydrogen (secondary N) is 2. The Morgan fingerprint density at radius 1 is 0.805 bits per heavy atom. The Balaban J connectivity index is 2.37. The molecule has 228 valence electrons. The fourth-order valence-electron chi connectivity index (χ4n) is 4.46. The second-order valence-electron chi connectivity index (χ2n) is 10.4. The molecule has 2 aromatic carbocycles. The summed E-state index contributed by atoms with van der Waals surface area (Å²) in [7, 11) is 5.96. The molecule has 2 rings (SSSR count). The van der Waals surface area contributed by atoms with Gasteiger partial charge in [0.15, 0.2) is 28.8 Å². The maximum Gasteiger partial charge on any atom is 0.251 e. The van der Waals surface area contributed by atoms with Gasteiger partial charge in [-0.2, -0.15) is 0 Å². The number of carbonyl (C=O) groups excluding carboxylic acids is 2. The van der Waals surface area contributed by atoms with Crippen molar-refractivity contribution >= 4 is 11.7 Å². The third-order valence-corrected chi connectivity index (χ3v) is 7.44. The highest BCUT2D eigenvalue weighted by Gasteiger charge is 2.31. The quantitative estimate of drug-likeness (QED) is 0.160. The highest BCUT2D eigenvalue weighted by molar-refractivity contribution is 6.04. The third kappa shape index (κ3) is 8.84. The maximum absolute atomic E-state index is 13.2. The van der Waals surface area contributed by atoms with Crippen LogP contribution in [-0.2, 0) is 0 Å². The van der Waals surface area contributed by atoms with Crippen LogP contribution in [0.25, 0.3) is 11.1 Å². The number of aliphatic hydroxyl groups is 1. The molecule has 0 aliphatic carbocycles. The van der Waals surface area contributed by atoms with Gasteiger partial charge in [0.05, 0.1) is 28.4 Å². The van der Waals surface area contributed by atoms with Gasteiger partial charge in [-0.05, 0) is 70.3 Å². The van der Waals surface area contributed by atoms with Crippen LogP contribution in [0.3, 0.4) is 0 Å². The van der Waals surface area contributed by atoms with Crippen LogP contribution < -0.4 is 29.6 Å². The van der Waals surface area contributed by atoms with Crippen molar-refractivity contribution in [1.29, 1.82) is 0 Å². The summed E-state index contributed by atoms with van der Waals surface area (Å²) in [5.74, 6) is 0.649. The van der Waals surface area contributed by atoms with E-state index < -0.39 is 11.4 Å². The number of benzene rings is 2. The first-order valence-electron chi connectivity index (χ1n) is 14.4. The number of carbonyl (C=O) groups is 2. The highest BCUT2D eigenvalue weighted by Crippen LogP contribution is 2.47. The third-order valence-electron chi connectivity index (χ3n) is 7.44. The monoisotopic (exact) mass is 572 g/mol. The van der Waals surface area contributed by atoms with Crippen LogP contribution in [0.1, 0.15) is 86.9 Å². The molecule has 3 N–H and O–H groups in total. The van der Waals surface area contributed by atoms with Gasteiger partial charge < -0.3 is 34.7 Å². The van der Waals surface area contributed by atoms with Crippen LogP contribution in [0.4, 0.5) is 0 Å². The van der Waals surface area contributed by atoms with Gasteiger partial charge >= 0.3 is 0 Å². The van der Waals surface area contributed by atoms with Gasteiger partial charge in [0, 0.05) is 34.8 Å². The van der Waals surface area contributed by atoms with E-state index in [2.05, 4.69) is 24.5 Å². The van der Waals surface area contributed by atoms with Gasteiger partial charge in [-0.25, -0.2) is 0 Å². The summed E-state index contributed by atoms with van der Waals surface area (Å²) in [4.78, 5) is 26.4. The van der Waals surface area contributed by atoms with E-state index >= 15 is 0 Å². The van der Waals surface area contributed by atoms with E-state index in [1.807, 2.05) is 0 Å². The molecule has 2 unspecified atom stereocenters. The van der Waals surface area contributed by atoms with Crippen LogP contribution in [-0.4, -0.2) is 70.0 Å². The Bertz CT molecular complexity index is 1160. The minimum Gasteiger partial charge on any atom is -0.493 e. The number of hydrogen-bond donors (Lipinski definition) is 3. The molecule has 0 heterocycles. The van der Waals surface area contributed by atoms with Crippen molar-refractivity contribution < 1.29 is 33.6 Å². The molecule has 2 atom stereocenters. The Morgan fingerprint density at radius 3 is 1.80 bits per heavy atom. The number of ether oxygens (including phenoxy) is 4. The number of unbranched alkanes of at least 4 members (excludes halogenated alkanes) is 3. The van der Waals surface area contributed by atoms with E-state index in [4.69, 9.17) is 18.9 Å². The first kappa shape index (κ1) is 33.9. The molecule has 41 heavy (non-hydrogen) atoms. The molecular weight excluding hydrogens is 524 g/mol. The number of ketones is 1. The van der Waals surface area contributed by atoms with E-state index in [0.717, 1.165) is 38.6 Å². The van der Waals surface area contributed by atoms with E-state index in [1.54, 1.807) is 25.1 Å². The lowest BCUT2D eigenvalue weighted by Crippen LogP contribution is -2.34. The van der Waals surface area contributed by atoms with Gasteiger partial charge in [0.2, 0.25) is 0 Å². The summed E-state index contributed by atoms with van der Waals surface area (Å²) in [5, 5.41) is 17.2. The van der Waals surface area contributed by atoms with Crippen LogP contribution in [0, 0.1) is 0 Å². The Morgan fingerprint density at radius 2 is 1.32 bits per heavy atom. The first-order chi connectivity index (χ1) is 19.6. The van der Waals surface area contributed by atoms with Crippen LogP contribution in [0.5, 0.6) is 23.0 Å². The lowest BCUT2D eigenvalue weighted by atomic mass is 9.89. The zero-order valence-corrected chi connectivity index (χ0v) is 25.9. The summed E-state index contributed by atoms with van der Waals surface area (Å²) >= 11 is 0.